The van der Waals surface area contributed by atoms with Gasteiger partial charge in [0.1, 0.15) is 0 Å². The second-order valence-electron chi connectivity index (χ2n) is 7.14. The summed E-state index contributed by atoms with van der Waals surface area (Å²) >= 11 is 0. The number of rotatable bonds is 1. The molecule has 0 spiro atoms. The number of nitrogens with zero attached hydrogens (tertiary/aromatic N) is 3. The van der Waals surface area contributed by atoms with Crippen molar-refractivity contribution < 1.29 is 23.1 Å². The molecule has 10 heteroatoms. The lowest BCUT2D eigenvalue weighted by Gasteiger charge is -2.39. The predicted molar refractivity (Wildman–Crippen MR) is 111 cm³/mol. The molecule has 2 N–H and O–H groups in total. The van der Waals surface area contributed by atoms with Crippen LogP contribution in [0, 0.1) is 0 Å². The van der Waals surface area contributed by atoms with Crippen LogP contribution < -0.4 is 18.8 Å². The molecule has 2 aromatic rings. The summed E-state index contributed by atoms with van der Waals surface area (Å²) in [5, 5.41) is 9.65. The van der Waals surface area contributed by atoms with E-state index in [1.165, 1.54) is 18.9 Å². The lowest BCUT2D eigenvalue weighted by molar-refractivity contribution is -0.117. The van der Waals surface area contributed by atoms with E-state index in [9.17, 15) is 23.1 Å². The Morgan fingerprint density at radius 2 is 1.69 bits per heavy atom. The molecule has 0 unspecified atom stereocenters. The molecule has 152 valence electrons. The first kappa shape index (κ1) is 19.1. The fourth-order valence-electron chi connectivity index (χ4n) is 3.86. The van der Waals surface area contributed by atoms with Gasteiger partial charge in [0.05, 0.1) is 28.8 Å². The third-order valence-corrected chi connectivity index (χ3v) is 6.65. The number of carbonyl (C=O) groups is 2. The molecule has 0 aromatic heterocycles. The highest BCUT2D eigenvalue weighted by Gasteiger charge is 2.34. The third-order valence-electron chi connectivity index (χ3n) is 5.25. The van der Waals surface area contributed by atoms with E-state index >= 15 is 0 Å². The van der Waals surface area contributed by atoms with Gasteiger partial charge in [-0.15, -0.1) is 0 Å². The number of amides is 2. The van der Waals surface area contributed by atoms with Gasteiger partial charge in [0.2, 0.25) is 5.91 Å². The van der Waals surface area contributed by atoms with Gasteiger partial charge in [0, 0.05) is 20.5 Å². The summed E-state index contributed by atoms with van der Waals surface area (Å²) < 4.78 is 27.6. The molecule has 0 saturated carbocycles. The summed E-state index contributed by atoms with van der Waals surface area (Å²) in [5.74, 6) is -0.160. The van der Waals surface area contributed by atoms with Crippen molar-refractivity contribution in [3.8, 4) is 11.1 Å². The molecule has 1 atom stereocenters. The van der Waals surface area contributed by atoms with Crippen LogP contribution in [0.4, 0.5) is 27.5 Å². The Bertz CT molecular complexity index is 1150. The van der Waals surface area contributed by atoms with Crippen LogP contribution in [0.25, 0.3) is 11.1 Å². The van der Waals surface area contributed by atoms with E-state index < -0.39 is 16.3 Å². The van der Waals surface area contributed by atoms with Crippen LogP contribution in [-0.2, 0) is 15.0 Å². The number of carboxylic acid groups (broad SMARTS) is 1. The van der Waals surface area contributed by atoms with Crippen LogP contribution >= 0.6 is 0 Å². The minimum atomic E-state index is -3.59. The van der Waals surface area contributed by atoms with Crippen LogP contribution in [0.3, 0.4) is 0 Å². The quantitative estimate of drug-likeness (QED) is 0.743. The molecule has 0 radical (unpaired) electrons. The third kappa shape index (κ3) is 2.96. The molecular formula is C19H20N4O5S. The number of hydrogen-bond donors (Lipinski definition) is 2. The van der Waals surface area contributed by atoms with Crippen LogP contribution in [0.2, 0.25) is 0 Å². The lowest BCUT2D eigenvalue weighted by atomic mass is 10.00. The fourth-order valence-corrected chi connectivity index (χ4v) is 4.86. The lowest BCUT2D eigenvalue weighted by Crippen LogP contribution is -2.51. The normalized spacial score (nSPS) is 19.4. The van der Waals surface area contributed by atoms with Gasteiger partial charge in [-0.3, -0.25) is 18.7 Å². The molecule has 9 nitrogen and oxygen atoms in total. The summed E-state index contributed by atoms with van der Waals surface area (Å²) in [6, 6.07) is 10.1. The maximum atomic E-state index is 12.1. The standard InChI is InChI=1S/C19H20N4O5S/c1-11-10-22(19(25)26)18-9-14(5-7-16(18)23(11)12(2)24)13-4-6-15-17(8-13)21(3)29(27,28)20-15/h4-9,11,20H,10H2,1-3H3,(H,25,26)/t11-/m0/s1. The van der Waals surface area contributed by atoms with E-state index in [2.05, 4.69) is 4.72 Å². The second kappa shape index (κ2) is 6.38. The summed E-state index contributed by atoms with van der Waals surface area (Å²) in [4.78, 5) is 26.7. The Morgan fingerprint density at radius 3 is 2.31 bits per heavy atom. The molecule has 2 aliphatic heterocycles. The summed E-state index contributed by atoms with van der Waals surface area (Å²) in [7, 11) is -2.13. The van der Waals surface area contributed by atoms with Gasteiger partial charge in [-0.05, 0) is 42.3 Å². The van der Waals surface area contributed by atoms with Crippen LogP contribution in [-0.4, -0.2) is 45.2 Å². The molecule has 0 saturated heterocycles. The molecule has 2 aliphatic rings. The van der Waals surface area contributed by atoms with E-state index in [0.717, 1.165) is 9.87 Å². The maximum absolute atomic E-state index is 12.1. The zero-order chi connectivity index (χ0) is 21.1. The smallest absolute Gasteiger partial charge is 0.411 e. The van der Waals surface area contributed by atoms with E-state index in [1.807, 2.05) is 0 Å². The topological polar surface area (TPSA) is 110 Å². The number of fused-ring (bicyclic) bond motifs is 2. The molecule has 0 aliphatic carbocycles. The Morgan fingerprint density at radius 1 is 1.07 bits per heavy atom. The highest BCUT2D eigenvalue weighted by molar-refractivity contribution is 7.94. The molecule has 2 aromatic carbocycles. The summed E-state index contributed by atoms with van der Waals surface area (Å²) in [5.41, 5.74) is 3.39. The van der Waals surface area contributed by atoms with Gasteiger partial charge in [-0.25, -0.2) is 4.79 Å². The second-order valence-corrected chi connectivity index (χ2v) is 8.84. The van der Waals surface area contributed by atoms with E-state index in [0.29, 0.717) is 28.3 Å². The predicted octanol–water partition coefficient (Wildman–Crippen LogP) is 2.70. The van der Waals surface area contributed by atoms with Gasteiger partial charge >= 0.3 is 16.3 Å². The molecular weight excluding hydrogens is 396 g/mol. The van der Waals surface area contributed by atoms with Crippen molar-refractivity contribution in [2.45, 2.75) is 19.9 Å². The van der Waals surface area contributed by atoms with Crippen molar-refractivity contribution in [3.05, 3.63) is 36.4 Å². The Labute approximate surface area is 168 Å². The first-order valence-corrected chi connectivity index (χ1v) is 10.4. The van der Waals surface area contributed by atoms with Gasteiger partial charge < -0.3 is 10.0 Å². The highest BCUT2D eigenvalue weighted by Crippen LogP contribution is 2.41. The molecule has 2 amide bonds. The first-order valence-electron chi connectivity index (χ1n) is 8.95. The first-order chi connectivity index (χ1) is 13.6. The Hall–Kier alpha value is -3.27. The Kier molecular flexibility index (Phi) is 4.19. The van der Waals surface area contributed by atoms with Crippen molar-refractivity contribution in [2.75, 3.05) is 32.4 Å². The molecule has 0 bridgehead atoms. The van der Waals surface area contributed by atoms with Gasteiger partial charge in [-0.1, -0.05) is 12.1 Å². The molecule has 29 heavy (non-hydrogen) atoms. The maximum Gasteiger partial charge on any atom is 0.411 e. The van der Waals surface area contributed by atoms with Crippen LogP contribution in [0.1, 0.15) is 13.8 Å². The fraction of sp³-hybridized carbons (Fsp3) is 0.263. The monoisotopic (exact) mass is 416 g/mol. The number of anilines is 4. The number of hydrogen-bond acceptors (Lipinski definition) is 4. The number of benzene rings is 2. The van der Waals surface area contributed by atoms with Crippen molar-refractivity contribution in [2.24, 2.45) is 0 Å². The van der Waals surface area contributed by atoms with Crippen molar-refractivity contribution >= 4 is 45.0 Å². The van der Waals surface area contributed by atoms with Gasteiger partial charge in [0.15, 0.2) is 0 Å². The van der Waals surface area contributed by atoms with Crippen molar-refractivity contribution in [1.82, 2.24) is 0 Å². The van der Waals surface area contributed by atoms with Crippen molar-refractivity contribution in [3.63, 3.8) is 0 Å². The summed E-state index contributed by atoms with van der Waals surface area (Å²) in [6.07, 6.45) is -1.09. The zero-order valence-electron chi connectivity index (χ0n) is 16.1. The largest absolute Gasteiger partial charge is 0.465 e. The SMILES string of the molecule is CC(=O)N1c2ccc(-c3ccc4c(c3)N(C)S(=O)(=O)N4)cc2N(C(=O)O)C[C@@H]1C. The van der Waals surface area contributed by atoms with Crippen LogP contribution in [0.5, 0.6) is 0 Å². The van der Waals surface area contributed by atoms with E-state index in [4.69, 9.17) is 0 Å². The average molecular weight is 416 g/mol. The van der Waals surface area contributed by atoms with Crippen LogP contribution in [0.15, 0.2) is 36.4 Å². The van der Waals surface area contributed by atoms with Crippen molar-refractivity contribution in [1.29, 1.82) is 0 Å². The highest BCUT2D eigenvalue weighted by atomic mass is 32.2. The van der Waals surface area contributed by atoms with E-state index in [-0.39, 0.29) is 18.5 Å². The average Bonchev–Trinajstić information content (AvgIpc) is 2.88. The van der Waals surface area contributed by atoms with Gasteiger partial charge in [-0.2, -0.15) is 8.42 Å². The number of carbonyl (C=O) groups excluding carboxylic acids is 1. The van der Waals surface area contributed by atoms with Gasteiger partial charge in [0.25, 0.3) is 0 Å². The summed E-state index contributed by atoms with van der Waals surface area (Å²) in [6.45, 7) is 3.42. The number of nitrogens with one attached hydrogen (secondary N) is 1. The Balaban J connectivity index is 1.83. The zero-order valence-corrected chi connectivity index (χ0v) is 16.9. The van der Waals surface area contributed by atoms with E-state index in [1.54, 1.807) is 48.2 Å². The molecule has 2 heterocycles. The minimum Gasteiger partial charge on any atom is -0.465 e. The minimum absolute atomic E-state index is 0.160. The molecule has 4 rings (SSSR count). The molecule has 0 fully saturated rings.